The maximum Gasteiger partial charge on any atom is 0.249 e. The van der Waals surface area contributed by atoms with Crippen molar-refractivity contribution in [2.75, 3.05) is 32.8 Å². The number of fused-ring (bicyclic) bond motifs is 1. The molecule has 3 aliphatic rings. The van der Waals surface area contributed by atoms with Gasteiger partial charge < -0.3 is 19.2 Å². The quantitative estimate of drug-likeness (QED) is 0.879. The Balaban J connectivity index is 1.23. The lowest BCUT2D eigenvalue weighted by molar-refractivity contribution is -0.133. The smallest absolute Gasteiger partial charge is 0.249 e. The summed E-state index contributed by atoms with van der Waals surface area (Å²) in [4.78, 5) is 14.8. The monoisotopic (exact) mass is 348 g/mol. The molecule has 1 aromatic heterocycles. The van der Waals surface area contributed by atoms with E-state index in [2.05, 4.69) is 10.2 Å². The van der Waals surface area contributed by atoms with E-state index < -0.39 is 0 Å². The zero-order valence-electron chi connectivity index (χ0n) is 14.7. The third kappa shape index (κ3) is 4.25. The Morgan fingerprint density at radius 3 is 2.96 bits per heavy atom. The van der Waals surface area contributed by atoms with Gasteiger partial charge in [-0.1, -0.05) is 0 Å². The summed E-state index contributed by atoms with van der Waals surface area (Å²) in [5, 5.41) is 3.10. The van der Waals surface area contributed by atoms with Crippen LogP contribution in [-0.2, 0) is 20.8 Å². The number of likely N-dealkylation sites (tertiary alicyclic amines) is 1. The number of carbonyl (C=O) groups is 1. The van der Waals surface area contributed by atoms with Crippen molar-refractivity contribution in [1.29, 1.82) is 0 Å². The van der Waals surface area contributed by atoms with E-state index in [1.54, 1.807) is 6.26 Å². The van der Waals surface area contributed by atoms with Crippen LogP contribution in [0, 0.1) is 11.8 Å². The number of hydrogen-bond donors (Lipinski definition) is 1. The fourth-order valence-corrected chi connectivity index (χ4v) is 4.24. The van der Waals surface area contributed by atoms with E-state index in [1.165, 1.54) is 0 Å². The van der Waals surface area contributed by atoms with Crippen LogP contribution < -0.4 is 5.32 Å². The average Bonchev–Trinajstić information content (AvgIpc) is 3.30. The number of piperidine rings is 1. The molecule has 1 N–H and O–H groups in total. The van der Waals surface area contributed by atoms with Gasteiger partial charge in [0.1, 0.15) is 11.9 Å². The lowest BCUT2D eigenvalue weighted by atomic mass is 9.91. The van der Waals surface area contributed by atoms with Crippen LogP contribution in [0.2, 0.25) is 0 Å². The Morgan fingerprint density at radius 2 is 2.16 bits per heavy atom. The van der Waals surface area contributed by atoms with Gasteiger partial charge in [0.25, 0.3) is 0 Å². The van der Waals surface area contributed by atoms with E-state index in [0.717, 1.165) is 70.8 Å². The molecule has 4 heterocycles. The summed E-state index contributed by atoms with van der Waals surface area (Å²) in [6.07, 6.45) is 5.64. The van der Waals surface area contributed by atoms with Gasteiger partial charge in [-0.05, 0) is 56.2 Å². The standard InChI is InChI=1S/C19H28N2O4/c22-19(20-11-14-4-8-23-9-5-14)17-10-15-3-6-21(13-18(15)25-17)12-16-2-1-7-24-16/h1-2,7,14-15,17-18H,3-6,8-13H2,(H,20,22)/t15-,17+,18-/m1/s1. The third-order valence-corrected chi connectivity index (χ3v) is 5.79. The highest BCUT2D eigenvalue weighted by Gasteiger charge is 2.41. The minimum absolute atomic E-state index is 0.0680. The third-order valence-electron chi connectivity index (χ3n) is 5.79. The molecule has 138 valence electrons. The highest BCUT2D eigenvalue weighted by Crippen LogP contribution is 2.33. The van der Waals surface area contributed by atoms with Gasteiger partial charge in [-0.25, -0.2) is 0 Å². The number of hydrogen-bond acceptors (Lipinski definition) is 5. The Bertz CT molecular complexity index is 556. The highest BCUT2D eigenvalue weighted by atomic mass is 16.5. The first kappa shape index (κ1) is 17.1. The average molecular weight is 348 g/mol. The van der Waals surface area contributed by atoms with Gasteiger partial charge in [0, 0.05) is 26.3 Å². The molecule has 4 rings (SSSR count). The van der Waals surface area contributed by atoms with E-state index in [-0.39, 0.29) is 18.1 Å². The summed E-state index contributed by atoms with van der Waals surface area (Å²) in [5.74, 6) is 2.11. The number of nitrogens with zero attached hydrogens (tertiary/aromatic N) is 1. The fourth-order valence-electron chi connectivity index (χ4n) is 4.24. The molecule has 3 atom stereocenters. The van der Waals surface area contributed by atoms with Crippen LogP contribution >= 0.6 is 0 Å². The van der Waals surface area contributed by atoms with Crippen LogP contribution in [0.15, 0.2) is 22.8 Å². The van der Waals surface area contributed by atoms with Crippen molar-refractivity contribution in [3.05, 3.63) is 24.2 Å². The molecular formula is C19H28N2O4. The second-order valence-electron chi connectivity index (χ2n) is 7.56. The topological polar surface area (TPSA) is 63.9 Å². The summed E-state index contributed by atoms with van der Waals surface area (Å²) in [5.41, 5.74) is 0. The molecule has 6 heteroatoms. The lowest BCUT2D eigenvalue weighted by Crippen LogP contribution is -2.42. The predicted molar refractivity (Wildman–Crippen MR) is 91.9 cm³/mol. The minimum atomic E-state index is -0.279. The number of ether oxygens (including phenoxy) is 2. The highest BCUT2D eigenvalue weighted by molar-refractivity contribution is 5.81. The summed E-state index contributed by atoms with van der Waals surface area (Å²) >= 11 is 0. The number of rotatable bonds is 5. The van der Waals surface area contributed by atoms with Gasteiger partial charge in [-0.2, -0.15) is 0 Å². The number of nitrogens with one attached hydrogen (secondary N) is 1. The molecule has 0 aliphatic carbocycles. The van der Waals surface area contributed by atoms with Crippen molar-refractivity contribution >= 4 is 5.91 Å². The van der Waals surface area contributed by atoms with E-state index >= 15 is 0 Å². The van der Waals surface area contributed by atoms with E-state index in [9.17, 15) is 4.79 Å². The van der Waals surface area contributed by atoms with Gasteiger partial charge in [-0.15, -0.1) is 0 Å². The zero-order valence-corrected chi connectivity index (χ0v) is 14.7. The molecule has 0 unspecified atom stereocenters. The van der Waals surface area contributed by atoms with E-state index in [0.29, 0.717) is 11.8 Å². The molecule has 0 spiro atoms. The molecule has 0 saturated carbocycles. The molecule has 3 fully saturated rings. The van der Waals surface area contributed by atoms with Crippen molar-refractivity contribution in [2.45, 2.75) is 44.4 Å². The molecule has 0 aromatic carbocycles. The minimum Gasteiger partial charge on any atom is -0.468 e. The summed E-state index contributed by atoms with van der Waals surface area (Å²) in [6.45, 7) is 5.13. The van der Waals surface area contributed by atoms with Gasteiger partial charge in [0.2, 0.25) is 5.91 Å². The molecule has 25 heavy (non-hydrogen) atoms. The van der Waals surface area contributed by atoms with Crippen LogP contribution in [0.25, 0.3) is 0 Å². The molecule has 0 radical (unpaired) electrons. The number of carbonyl (C=O) groups excluding carboxylic acids is 1. The van der Waals surface area contributed by atoms with Crippen LogP contribution in [0.4, 0.5) is 0 Å². The van der Waals surface area contributed by atoms with Crippen molar-refractivity contribution in [3.63, 3.8) is 0 Å². The first-order chi connectivity index (χ1) is 12.3. The fraction of sp³-hybridized carbons (Fsp3) is 0.737. The Hall–Kier alpha value is -1.37. The van der Waals surface area contributed by atoms with Gasteiger partial charge in [0.05, 0.1) is 18.9 Å². The summed E-state index contributed by atoms with van der Waals surface area (Å²) in [7, 11) is 0. The van der Waals surface area contributed by atoms with Crippen LogP contribution in [0.1, 0.15) is 31.4 Å². The summed E-state index contributed by atoms with van der Waals surface area (Å²) in [6, 6.07) is 3.93. The normalized spacial score (nSPS) is 31.0. The Morgan fingerprint density at radius 1 is 1.28 bits per heavy atom. The van der Waals surface area contributed by atoms with Crippen molar-refractivity contribution in [2.24, 2.45) is 11.8 Å². The molecule has 6 nitrogen and oxygen atoms in total. The largest absolute Gasteiger partial charge is 0.468 e. The number of furan rings is 1. The van der Waals surface area contributed by atoms with Crippen LogP contribution in [-0.4, -0.2) is 55.9 Å². The molecule has 3 saturated heterocycles. The van der Waals surface area contributed by atoms with Crippen LogP contribution in [0.3, 0.4) is 0 Å². The molecule has 1 aromatic rings. The second kappa shape index (κ2) is 7.89. The van der Waals surface area contributed by atoms with Gasteiger partial charge >= 0.3 is 0 Å². The first-order valence-corrected chi connectivity index (χ1v) is 9.53. The maximum atomic E-state index is 12.5. The predicted octanol–water partition coefficient (Wildman–Crippen LogP) is 1.80. The van der Waals surface area contributed by atoms with E-state index in [4.69, 9.17) is 13.9 Å². The van der Waals surface area contributed by atoms with Crippen molar-refractivity contribution in [1.82, 2.24) is 10.2 Å². The molecule has 1 amide bonds. The Labute approximate surface area is 148 Å². The second-order valence-corrected chi connectivity index (χ2v) is 7.56. The van der Waals surface area contributed by atoms with E-state index in [1.807, 2.05) is 12.1 Å². The van der Waals surface area contributed by atoms with Crippen molar-refractivity contribution in [3.8, 4) is 0 Å². The molecule has 0 bridgehead atoms. The molecular weight excluding hydrogens is 320 g/mol. The number of amides is 1. The summed E-state index contributed by atoms with van der Waals surface area (Å²) < 4.78 is 16.9. The van der Waals surface area contributed by atoms with Gasteiger partial charge in [0.15, 0.2) is 0 Å². The maximum absolute atomic E-state index is 12.5. The van der Waals surface area contributed by atoms with Crippen LogP contribution in [0.5, 0.6) is 0 Å². The van der Waals surface area contributed by atoms with Crippen molar-refractivity contribution < 1.29 is 18.7 Å². The van der Waals surface area contributed by atoms with Gasteiger partial charge in [-0.3, -0.25) is 9.69 Å². The Kier molecular flexibility index (Phi) is 5.39. The lowest BCUT2D eigenvalue weighted by Gasteiger charge is -2.33. The zero-order chi connectivity index (χ0) is 17.1. The first-order valence-electron chi connectivity index (χ1n) is 9.53. The molecule has 3 aliphatic heterocycles. The SMILES string of the molecule is O=C(NCC1CCOCC1)[C@@H]1C[C@H]2CCN(Cc3ccco3)C[C@H]2O1.